The molecule has 1 heterocycles. The molecule has 0 saturated carbocycles. The van der Waals surface area contributed by atoms with Gasteiger partial charge in [0.05, 0.1) is 30.1 Å². The third-order valence-electron chi connectivity index (χ3n) is 4.68. The quantitative estimate of drug-likeness (QED) is 0.514. The molecule has 1 N–H and O–H groups in total. The fourth-order valence-corrected chi connectivity index (χ4v) is 4.58. The van der Waals surface area contributed by atoms with Gasteiger partial charge in [-0.15, -0.1) is 0 Å². The predicted octanol–water partition coefficient (Wildman–Crippen LogP) is 2.28. The van der Waals surface area contributed by atoms with Crippen LogP contribution in [0.25, 0.3) is 0 Å². The summed E-state index contributed by atoms with van der Waals surface area (Å²) in [6, 6.07) is 11.5. The Bertz CT molecular complexity index is 974. The number of benzene rings is 2. The first kappa shape index (κ1) is 21.0. The molecule has 0 spiro atoms. The highest BCUT2D eigenvalue weighted by Gasteiger charge is 2.28. The number of ether oxygens (including phenoxy) is 2. The molecule has 1 aliphatic rings. The van der Waals surface area contributed by atoms with Crippen LogP contribution in [0.1, 0.15) is 5.56 Å². The van der Waals surface area contributed by atoms with Gasteiger partial charge >= 0.3 is 0 Å². The first-order valence-corrected chi connectivity index (χ1v) is 10.6. The van der Waals surface area contributed by atoms with Gasteiger partial charge in [-0.05, 0) is 30.2 Å². The van der Waals surface area contributed by atoms with Gasteiger partial charge in [0.2, 0.25) is 10.0 Å². The number of sulfonamides is 1. The van der Waals surface area contributed by atoms with Crippen LogP contribution in [0.2, 0.25) is 0 Å². The molecule has 1 saturated heterocycles. The number of hydrogen-bond donors (Lipinski definition) is 1. The molecule has 2 aromatic carbocycles. The monoisotopic (exact) mass is 421 g/mol. The van der Waals surface area contributed by atoms with Crippen molar-refractivity contribution in [3.63, 3.8) is 0 Å². The number of nitro benzene ring substituents is 1. The largest absolute Gasteiger partial charge is 0.496 e. The van der Waals surface area contributed by atoms with Crippen LogP contribution in [0.5, 0.6) is 5.75 Å². The molecule has 29 heavy (non-hydrogen) atoms. The summed E-state index contributed by atoms with van der Waals surface area (Å²) in [5.41, 5.74) is 0.960. The van der Waals surface area contributed by atoms with E-state index < -0.39 is 14.9 Å². The van der Waals surface area contributed by atoms with Crippen LogP contribution < -0.4 is 10.1 Å². The van der Waals surface area contributed by atoms with Crippen molar-refractivity contribution in [3.05, 3.63) is 58.1 Å². The Morgan fingerprint density at radius 3 is 2.62 bits per heavy atom. The first-order chi connectivity index (χ1) is 13.9. The standard InChI is InChI=1S/C19H23N3O6S/c1-27-19-5-3-2-4-15(19)8-9-20-17-7-6-16(14-18(17)22(23)24)29(25,26)21-10-12-28-13-11-21/h2-7,14,20H,8-13H2,1H3. The lowest BCUT2D eigenvalue weighted by Crippen LogP contribution is -2.40. The molecule has 1 aliphatic heterocycles. The zero-order chi connectivity index (χ0) is 20.9. The van der Waals surface area contributed by atoms with E-state index in [1.165, 1.54) is 16.4 Å². The van der Waals surface area contributed by atoms with Gasteiger partial charge in [0.1, 0.15) is 11.4 Å². The van der Waals surface area contributed by atoms with Crippen molar-refractivity contribution in [2.24, 2.45) is 0 Å². The molecule has 0 aromatic heterocycles. The van der Waals surface area contributed by atoms with Crippen LogP contribution in [-0.2, 0) is 21.2 Å². The van der Waals surface area contributed by atoms with Crippen LogP contribution in [0.4, 0.5) is 11.4 Å². The summed E-state index contributed by atoms with van der Waals surface area (Å²) in [7, 11) is -2.21. The molecule has 0 aliphatic carbocycles. The molecule has 0 bridgehead atoms. The van der Waals surface area contributed by atoms with Crippen molar-refractivity contribution in [2.75, 3.05) is 45.3 Å². The minimum Gasteiger partial charge on any atom is -0.496 e. The van der Waals surface area contributed by atoms with Crippen LogP contribution in [-0.4, -0.2) is 57.6 Å². The zero-order valence-electron chi connectivity index (χ0n) is 16.0. The van der Waals surface area contributed by atoms with Crippen molar-refractivity contribution in [3.8, 4) is 5.75 Å². The van der Waals surface area contributed by atoms with Gasteiger partial charge in [-0.25, -0.2) is 8.42 Å². The Balaban J connectivity index is 1.77. The van der Waals surface area contributed by atoms with Crippen molar-refractivity contribution < 1.29 is 22.8 Å². The summed E-state index contributed by atoms with van der Waals surface area (Å²) in [5, 5.41) is 14.6. The third-order valence-corrected chi connectivity index (χ3v) is 6.57. The number of nitrogens with zero attached hydrogens (tertiary/aromatic N) is 2. The molecule has 1 fully saturated rings. The zero-order valence-corrected chi connectivity index (χ0v) is 16.9. The topological polar surface area (TPSA) is 111 Å². The highest BCUT2D eigenvalue weighted by Crippen LogP contribution is 2.29. The van der Waals surface area contributed by atoms with E-state index in [4.69, 9.17) is 9.47 Å². The second-order valence-corrected chi connectivity index (χ2v) is 8.38. The highest BCUT2D eigenvalue weighted by atomic mass is 32.2. The lowest BCUT2D eigenvalue weighted by atomic mass is 10.1. The molecule has 2 aromatic rings. The molecule has 156 valence electrons. The maximum Gasteiger partial charge on any atom is 0.293 e. The fraction of sp³-hybridized carbons (Fsp3) is 0.368. The van der Waals surface area contributed by atoms with E-state index in [0.29, 0.717) is 26.2 Å². The molecule has 3 rings (SSSR count). The maximum absolute atomic E-state index is 12.8. The summed E-state index contributed by atoms with van der Waals surface area (Å²) in [5.74, 6) is 0.746. The van der Waals surface area contributed by atoms with E-state index in [9.17, 15) is 18.5 Å². The normalized spacial score (nSPS) is 15.1. The summed E-state index contributed by atoms with van der Waals surface area (Å²) < 4.78 is 37.3. The Morgan fingerprint density at radius 2 is 1.93 bits per heavy atom. The molecule has 0 amide bonds. The van der Waals surface area contributed by atoms with Crippen molar-refractivity contribution in [2.45, 2.75) is 11.3 Å². The van der Waals surface area contributed by atoms with Gasteiger partial charge in [0.15, 0.2) is 0 Å². The SMILES string of the molecule is COc1ccccc1CCNc1ccc(S(=O)(=O)N2CCOCC2)cc1[N+](=O)[O-]. The summed E-state index contributed by atoms with van der Waals surface area (Å²) in [4.78, 5) is 10.9. The second kappa shape index (κ2) is 9.21. The van der Waals surface area contributed by atoms with Gasteiger partial charge < -0.3 is 14.8 Å². The Labute approximate surface area is 169 Å². The van der Waals surface area contributed by atoms with Crippen LogP contribution in [0, 0.1) is 10.1 Å². The van der Waals surface area contributed by atoms with Gasteiger partial charge in [-0.1, -0.05) is 18.2 Å². The lowest BCUT2D eigenvalue weighted by Gasteiger charge is -2.26. The average Bonchev–Trinajstić information content (AvgIpc) is 2.74. The number of para-hydroxylation sites is 1. The minimum absolute atomic E-state index is 0.0959. The van der Waals surface area contributed by atoms with Gasteiger partial charge in [-0.3, -0.25) is 10.1 Å². The molecule has 0 radical (unpaired) electrons. The van der Waals surface area contributed by atoms with E-state index in [1.54, 1.807) is 7.11 Å². The smallest absolute Gasteiger partial charge is 0.293 e. The minimum atomic E-state index is -3.80. The number of methoxy groups -OCH3 is 1. The molecule has 0 unspecified atom stereocenters. The van der Waals surface area contributed by atoms with E-state index in [2.05, 4.69) is 5.32 Å². The maximum atomic E-state index is 12.8. The van der Waals surface area contributed by atoms with Crippen molar-refractivity contribution in [1.29, 1.82) is 0 Å². The first-order valence-electron chi connectivity index (χ1n) is 9.15. The van der Waals surface area contributed by atoms with Gasteiger partial charge in [0, 0.05) is 25.7 Å². The van der Waals surface area contributed by atoms with Crippen molar-refractivity contribution >= 4 is 21.4 Å². The Hall–Kier alpha value is -2.69. The Morgan fingerprint density at radius 1 is 1.21 bits per heavy atom. The number of morpholine rings is 1. The van der Waals surface area contributed by atoms with Gasteiger partial charge in [-0.2, -0.15) is 4.31 Å². The van der Waals surface area contributed by atoms with Crippen LogP contribution in [0.15, 0.2) is 47.4 Å². The Kier molecular flexibility index (Phi) is 6.68. The van der Waals surface area contributed by atoms with Crippen LogP contribution >= 0.6 is 0 Å². The summed E-state index contributed by atoms with van der Waals surface area (Å²) in [6.07, 6.45) is 0.592. The second-order valence-electron chi connectivity index (χ2n) is 6.44. The number of anilines is 1. The number of nitro groups is 1. The molecular formula is C19H23N3O6S. The fourth-order valence-electron chi connectivity index (χ4n) is 3.15. The number of hydrogen-bond acceptors (Lipinski definition) is 7. The average molecular weight is 421 g/mol. The molecule has 10 heteroatoms. The molecule has 9 nitrogen and oxygen atoms in total. The summed E-state index contributed by atoms with van der Waals surface area (Å²) in [6.45, 7) is 1.51. The number of rotatable bonds is 8. The van der Waals surface area contributed by atoms with E-state index >= 15 is 0 Å². The van der Waals surface area contributed by atoms with Crippen molar-refractivity contribution in [1.82, 2.24) is 4.31 Å². The predicted molar refractivity (Wildman–Crippen MR) is 108 cm³/mol. The number of nitrogens with one attached hydrogen (secondary N) is 1. The van der Waals surface area contributed by atoms with Crippen LogP contribution in [0.3, 0.4) is 0 Å². The third kappa shape index (κ3) is 4.84. The molecular weight excluding hydrogens is 398 g/mol. The van der Waals surface area contributed by atoms with E-state index in [-0.39, 0.29) is 29.4 Å². The summed E-state index contributed by atoms with van der Waals surface area (Å²) >= 11 is 0. The van der Waals surface area contributed by atoms with E-state index in [0.717, 1.165) is 17.4 Å². The molecule has 0 atom stereocenters. The lowest BCUT2D eigenvalue weighted by molar-refractivity contribution is -0.384. The van der Waals surface area contributed by atoms with E-state index in [1.807, 2.05) is 24.3 Å². The highest BCUT2D eigenvalue weighted by molar-refractivity contribution is 7.89. The van der Waals surface area contributed by atoms with Gasteiger partial charge in [0.25, 0.3) is 5.69 Å².